The molecule has 0 saturated carbocycles. The van der Waals surface area contributed by atoms with Gasteiger partial charge in [0, 0.05) is 11.7 Å². The summed E-state index contributed by atoms with van der Waals surface area (Å²) in [5.41, 5.74) is 8.09. The van der Waals surface area contributed by atoms with Crippen LogP contribution in [0.3, 0.4) is 0 Å². The molecule has 5 nitrogen and oxygen atoms in total. The van der Waals surface area contributed by atoms with Crippen molar-refractivity contribution in [2.24, 2.45) is 0 Å². The first-order chi connectivity index (χ1) is 8.31. The van der Waals surface area contributed by atoms with Crippen LogP contribution in [0.25, 0.3) is 0 Å². The number of carbonyl (C=O) groups is 1. The summed E-state index contributed by atoms with van der Waals surface area (Å²) in [5.74, 6) is 0.262. The van der Waals surface area contributed by atoms with Gasteiger partial charge in [0.15, 0.2) is 0 Å². The smallest absolute Gasteiger partial charge is 0.243 e. The Kier molecular flexibility index (Phi) is 4.02. The molecule has 0 radical (unpaired) electrons. The van der Waals surface area contributed by atoms with E-state index in [4.69, 9.17) is 11.0 Å². The maximum Gasteiger partial charge on any atom is 0.243 e. The molecule has 1 heterocycles. The second-order valence-corrected chi connectivity index (χ2v) is 4.79. The summed E-state index contributed by atoms with van der Waals surface area (Å²) >= 11 is 0. The molecule has 1 atom stereocenters. The minimum Gasteiger partial charge on any atom is -0.384 e. The van der Waals surface area contributed by atoms with Crippen LogP contribution in [-0.4, -0.2) is 16.5 Å². The van der Waals surface area contributed by atoms with Gasteiger partial charge in [0.2, 0.25) is 5.91 Å². The number of hydrogen-bond donors (Lipinski definition) is 2. The molecule has 5 heteroatoms. The zero-order chi connectivity index (χ0) is 14.0. The Labute approximate surface area is 108 Å². The summed E-state index contributed by atoms with van der Waals surface area (Å²) in [6.45, 7) is 9.30. The molecule has 1 unspecified atom stereocenters. The van der Waals surface area contributed by atoms with Gasteiger partial charge in [-0.2, -0.15) is 5.26 Å². The van der Waals surface area contributed by atoms with Gasteiger partial charge in [-0.15, -0.1) is 0 Å². The molecule has 0 spiro atoms. The molecule has 0 aliphatic heterocycles. The molecule has 0 aliphatic carbocycles. The molecule has 0 saturated heterocycles. The van der Waals surface area contributed by atoms with Crippen LogP contribution in [0.4, 0.5) is 5.82 Å². The molecule has 1 rings (SSSR count). The SMILES string of the molecule is Cc1c(C#N)c(N)n(C(C)C(=O)NC(C)C)c1C. The van der Waals surface area contributed by atoms with E-state index in [1.54, 1.807) is 11.5 Å². The largest absolute Gasteiger partial charge is 0.384 e. The fourth-order valence-corrected chi connectivity index (χ4v) is 2.02. The highest BCUT2D eigenvalue weighted by molar-refractivity contribution is 5.81. The molecule has 0 fully saturated rings. The fourth-order valence-electron chi connectivity index (χ4n) is 2.02. The molecule has 18 heavy (non-hydrogen) atoms. The Morgan fingerprint density at radius 2 is 1.94 bits per heavy atom. The van der Waals surface area contributed by atoms with Gasteiger partial charge in [0.1, 0.15) is 17.9 Å². The fraction of sp³-hybridized carbons (Fsp3) is 0.538. The van der Waals surface area contributed by atoms with Crippen LogP contribution in [0.1, 0.15) is 43.6 Å². The molecule has 0 aromatic carbocycles. The minimum atomic E-state index is -0.423. The molecular weight excluding hydrogens is 228 g/mol. The van der Waals surface area contributed by atoms with Gasteiger partial charge >= 0.3 is 0 Å². The number of nitrogen functional groups attached to an aromatic ring is 1. The normalized spacial score (nSPS) is 12.3. The van der Waals surface area contributed by atoms with Crippen LogP contribution < -0.4 is 11.1 Å². The first-order valence-electron chi connectivity index (χ1n) is 5.98. The maximum absolute atomic E-state index is 12.0. The van der Waals surface area contributed by atoms with Crippen LogP contribution in [0.2, 0.25) is 0 Å². The number of anilines is 1. The van der Waals surface area contributed by atoms with E-state index < -0.39 is 6.04 Å². The Bertz CT molecular complexity index is 508. The summed E-state index contributed by atoms with van der Waals surface area (Å²) in [4.78, 5) is 12.0. The van der Waals surface area contributed by atoms with Gasteiger partial charge in [-0.25, -0.2) is 0 Å². The molecule has 3 N–H and O–H groups in total. The molecule has 0 bridgehead atoms. The van der Waals surface area contributed by atoms with Crippen molar-refractivity contribution in [2.45, 2.75) is 46.7 Å². The van der Waals surface area contributed by atoms with Crippen molar-refractivity contribution >= 4 is 11.7 Å². The second kappa shape index (κ2) is 5.13. The monoisotopic (exact) mass is 248 g/mol. The number of amides is 1. The lowest BCUT2D eigenvalue weighted by atomic mass is 10.2. The summed E-state index contributed by atoms with van der Waals surface area (Å²) < 4.78 is 1.71. The van der Waals surface area contributed by atoms with Crippen molar-refractivity contribution in [1.82, 2.24) is 9.88 Å². The van der Waals surface area contributed by atoms with Gasteiger partial charge < -0.3 is 15.6 Å². The van der Waals surface area contributed by atoms with Gasteiger partial charge in [-0.3, -0.25) is 4.79 Å². The first kappa shape index (κ1) is 14.1. The third-order valence-corrected chi connectivity index (χ3v) is 3.10. The summed E-state index contributed by atoms with van der Waals surface area (Å²) in [7, 11) is 0. The Hall–Kier alpha value is -1.96. The lowest BCUT2D eigenvalue weighted by Gasteiger charge is -2.19. The lowest BCUT2D eigenvalue weighted by molar-refractivity contribution is -0.124. The lowest BCUT2D eigenvalue weighted by Crippen LogP contribution is -2.36. The van der Waals surface area contributed by atoms with Gasteiger partial charge in [0.05, 0.1) is 5.56 Å². The molecule has 98 valence electrons. The van der Waals surface area contributed by atoms with Crippen LogP contribution in [-0.2, 0) is 4.79 Å². The van der Waals surface area contributed by atoms with E-state index in [9.17, 15) is 4.79 Å². The highest BCUT2D eigenvalue weighted by Crippen LogP contribution is 2.27. The predicted molar refractivity (Wildman–Crippen MR) is 71.0 cm³/mol. The summed E-state index contributed by atoms with van der Waals surface area (Å²) in [6, 6.07) is 1.74. The first-order valence-corrected chi connectivity index (χ1v) is 5.98. The van der Waals surface area contributed by atoms with Gasteiger partial charge in [-0.1, -0.05) is 0 Å². The molecule has 1 aromatic rings. The van der Waals surface area contributed by atoms with E-state index >= 15 is 0 Å². The third kappa shape index (κ3) is 2.33. The number of hydrogen-bond acceptors (Lipinski definition) is 3. The Balaban J connectivity index is 3.19. The zero-order valence-corrected chi connectivity index (χ0v) is 11.5. The Morgan fingerprint density at radius 1 is 1.39 bits per heavy atom. The van der Waals surface area contributed by atoms with Crippen molar-refractivity contribution in [3.8, 4) is 6.07 Å². The molecular formula is C13H20N4O. The van der Waals surface area contributed by atoms with Crippen molar-refractivity contribution in [3.05, 3.63) is 16.8 Å². The van der Waals surface area contributed by atoms with Crippen LogP contribution in [0.5, 0.6) is 0 Å². The van der Waals surface area contributed by atoms with E-state index in [1.807, 2.05) is 27.7 Å². The average Bonchev–Trinajstić information content (AvgIpc) is 2.48. The van der Waals surface area contributed by atoms with Crippen molar-refractivity contribution in [3.63, 3.8) is 0 Å². The minimum absolute atomic E-state index is 0.0774. The van der Waals surface area contributed by atoms with Crippen LogP contribution in [0.15, 0.2) is 0 Å². The quantitative estimate of drug-likeness (QED) is 0.853. The third-order valence-electron chi connectivity index (χ3n) is 3.10. The summed E-state index contributed by atoms with van der Waals surface area (Å²) in [5, 5.41) is 11.9. The van der Waals surface area contributed by atoms with Crippen molar-refractivity contribution in [1.29, 1.82) is 5.26 Å². The number of aromatic nitrogens is 1. The Morgan fingerprint density at radius 3 is 2.33 bits per heavy atom. The van der Waals surface area contributed by atoms with E-state index in [1.165, 1.54) is 0 Å². The standard InChI is InChI=1S/C13H20N4O/c1-7(2)16-13(18)10(5)17-9(4)8(3)11(6-14)12(17)15/h7,10H,15H2,1-5H3,(H,16,18). The zero-order valence-electron chi connectivity index (χ0n) is 11.5. The molecule has 0 aliphatic rings. The number of nitriles is 1. The predicted octanol–water partition coefficient (Wildman–Crippen LogP) is 1.64. The van der Waals surface area contributed by atoms with Gasteiger partial charge in [-0.05, 0) is 40.2 Å². The van der Waals surface area contributed by atoms with Crippen molar-refractivity contribution in [2.75, 3.05) is 5.73 Å². The number of carbonyl (C=O) groups excluding carboxylic acids is 1. The molecule has 1 amide bonds. The van der Waals surface area contributed by atoms with E-state index in [0.717, 1.165) is 11.3 Å². The number of nitrogens with one attached hydrogen (secondary N) is 1. The number of nitrogens with zero attached hydrogens (tertiary/aromatic N) is 2. The number of nitrogens with two attached hydrogens (primary N) is 1. The number of rotatable bonds is 3. The van der Waals surface area contributed by atoms with Crippen molar-refractivity contribution < 1.29 is 4.79 Å². The van der Waals surface area contributed by atoms with Crippen LogP contribution >= 0.6 is 0 Å². The van der Waals surface area contributed by atoms with E-state index in [-0.39, 0.29) is 11.9 Å². The maximum atomic E-state index is 12.0. The highest BCUT2D eigenvalue weighted by Gasteiger charge is 2.23. The highest BCUT2D eigenvalue weighted by atomic mass is 16.2. The van der Waals surface area contributed by atoms with Crippen LogP contribution in [0, 0.1) is 25.2 Å². The van der Waals surface area contributed by atoms with Gasteiger partial charge in [0.25, 0.3) is 0 Å². The second-order valence-electron chi connectivity index (χ2n) is 4.79. The van der Waals surface area contributed by atoms with E-state index in [2.05, 4.69) is 11.4 Å². The topological polar surface area (TPSA) is 83.8 Å². The average molecular weight is 248 g/mol. The molecule has 1 aromatic heterocycles. The summed E-state index contributed by atoms with van der Waals surface area (Å²) in [6.07, 6.45) is 0. The van der Waals surface area contributed by atoms with E-state index in [0.29, 0.717) is 11.4 Å².